The zero-order valence-electron chi connectivity index (χ0n) is 12.2. The number of ether oxygens (including phenoxy) is 1. The number of likely N-dealkylation sites (tertiary alicyclic amines) is 1. The Bertz CT molecular complexity index is 750. The molecule has 1 atom stereocenters. The first kappa shape index (κ1) is 15.5. The minimum Gasteiger partial charge on any atom is -0.458 e. The SMILES string of the molecule is O=C(c1c[nH]c(=O)c(Cl)c1)N1CCCC(Oc2ncccn2)C1. The molecule has 8 heteroatoms. The van der Waals surface area contributed by atoms with Gasteiger partial charge in [-0.2, -0.15) is 0 Å². The molecule has 120 valence electrons. The van der Waals surface area contributed by atoms with Crippen molar-refractivity contribution in [3.8, 4) is 6.01 Å². The second-order valence-corrected chi connectivity index (χ2v) is 5.64. The third kappa shape index (κ3) is 3.68. The summed E-state index contributed by atoms with van der Waals surface area (Å²) < 4.78 is 5.71. The van der Waals surface area contributed by atoms with Crippen LogP contribution in [0.15, 0.2) is 35.5 Å². The van der Waals surface area contributed by atoms with Gasteiger partial charge in [0, 0.05) is 25.1 Å². The molecule has 1 aliphatic heterocycles. The number of H-pyrrole nitrogens is 1. The fraction of sp³-hybridized carbons (Fsp3) is 0.333. The van der Waals surface area contributed by atoms with E-state index in [1.165, 1.54) is 12.3 Å². The predicted molar refractivity (Wildman–Crippen MR) is 83.7 cm³/mol. The number of carbonyl (C=O) groups excluding carboxylic acids is 1. The monoisotopic (exact) mass is 334 g/mol. The highest BCUT2D eigenvalue weighted by atomic mass is 35.5. The fourth-order valence-corrected chi connectivity index (χ4v) is 2.65. The first-order chi connectivity index (χ1) is 11.1. The highest BCUT2D eigenvalue weighted by Crippen LogP contribution is 2.17. The molecule has 1 unspecified atom stereocenters. The van der Waals surface area contributed by atoms with Gasteiger partial charge in [-0.25, -0.2) is 9.97 Å². The van der Waals surface area contributed by atoms with Crippen LogP contribution in [-0.4, -0.2) is 45.0 Å². The number of pyridine rings is 1. The number of carbonyl (C=O) groups is 1. The van der Waals surface area contributed by atoms with Crippen LogP contribution in [0.5, 0.6) is 6.01 Å². The Hall–Kier alpha value is -2.41. The molecule has 0 aliphatic carbocycles. The Kier molecular flexibility index (Phi) is 4.57. The van der Waals surface area contributed by atoms with Gasteiger partial charge in [0.1, 0.15) is 11.1 Å². The quantitative estimate of drug-likeness (QED) is 0.919. The van der Waals surface area contributed by atoms with Gasteiger partial charge in [-0.05, 0) is 25.0 Å². The van der Waals surface area contributed by atoms with Crippen LogP contribution >= 0.6 is 11.6 Å². The fourth-order valence-electron chi connectivity index (χ4n) is 2.48. The van der Waals surface area contributed by atoms with Crippen LogP contribution < -0.4 is 10.3 Å². The minimum absolute atomic E-state index is 0.00153. The summed E-state index contributed by atoms with van der Waals surface area (Å²) in [6, 6.07) is 3.40. The third-order valence-corrected chi connectivity index (χ3v) is 3.87. The van der Waals surface area contributed by atoms with Crippen LogP contribution in [0.4, 0.5) is 0 Å². The van der Waals surface area contributed by atoms with Gasteiger partial charge >= 0.3 is 6.01 Å². The molecule has 1 saturated heterocycles. The summed E-state index contributed by atoms with van der Waals surface area (Å²) >= 11 is 5.78. The van der Waals surface area contributed by atoms with Gasteiger partial charge in [0.25, 0.3) is 11.5 Å². The van der Waals surface area contributed by atoms with E-state index in [1.54, 1.807) is 23.4 Å². The van der Waals surface area contributed by atoms with E-state index < -0.39 is 5.56 Å². The number of nitrogens with one attached hydrogen (secondary N) is 1. The van der Waals surface area contributed by atoms with Crippen LogP contribution in [0.25, 0.3) is 0 Å². The Morgan fingerprint density at radius 2 is 2.17 bits per heavy atom. The number of hydrogen-bond acceptors (Lipinski definition) is 5. The number of piperidine rings is 1. The molecule has 1 N–H and O–H groups in total. The second kappa shape index (κ2) is 6.78. The molecule has 3 rings (SSSR count). The van der Waals surface area contributed by atoms with Crippen LogP contribution in [0.2, 0.25) is 5.02 Å². The van der Waals surface area contributed by atoms with Gasteiger partial charge < -0.3 is 14.6 Å². The first-order valence-electron chi connectivity index (χ1n) is 7.24. The van der Waals surface area contributed by atoms with E-state index in [0.717, 1.165) is 12.8 Å². The van der Waals surface area contributed by atoms with Crippen molar-refractivity contribution in [2.24, 2.45) is 0 Å². The predicted octanol–water partition coefficient (Wildman–Crippen LogP) is 1.50. The maximum absolute atomic E-state index is 12.5. The molecule has 1 amide bonds. The summed E-state index contributed by atoms with van der Waals surface area (Å²) in [5.41, 5.74) is -0.0597. The summed E-state index contributed by atoms with van der Waals surface area (Å²) in [5, 5.41) is -0.00153. The molecule has 2 aromatic heterocycles. The average Bonchev–Trinajstić information content (AvgIpc) is 2.58. The summed E-state index contributed by atoms with van der Waals surface area (Å²) in [4.78, 5) is 36.0. The zero-order valence-corrected chi connectivity index (χ0v) is 13.0. The normalized spacial score (nSPS) is 17.8. The van der Waals surface area contributed by atoms with Gasteiger partial charge in [-0.3, -0.25) is 9.59 Å². The molecule has 0 radical (unpaired) electrons. The van der Waals surface area contributed by atoms with Crippen LogP contribution in [0.1, 0.15) is 23.2 Å². The molecular weight excluding hydrogens is 320 g/mol. The molecular formula is C15H15ClN4O3. The van der Waals surface area contributed by atoms with Gasteiger partial charge in [0.05, 0.1) is 12.1 Å². The molecule has 0 saturated carbocycles. The van der Waals surface area contributed by atoms with E-state index in [1.807, 2.05) is 0 Å². The number of rotatable bonds is 3. The number of nitrogens with zero attached hydrogens (tertiary/aromatic N) is 3. The van der Waals surface area contributed by atoms with Crippen molar-refractivity contribution >= 4 is 17.5 Å². The molecule has 0 aromatic carbocycles. The molecule has 1 fully saturated rings. The molecule has 0 spiro atoms. The number of amides is 1. The average molecular weight is 335 g/mol. The molecule has 23 heavy (non-hydrogen) atoms. The summed E-state index contributed by atoms with van der Waals surface area (Å²) in [6.07, 6.45) is 6.08. The lowest BCUT2D eigenvalue weighted by Gasteiger charge is -2.32. The van der Waals surface area contributed by atoms with E-state index in [4.69, 9.17) is 16.3 Å². The largest absolute Gasteiger partial charge is 0.458 e. The molecule has 0 bridgehead atoms. The van der Waals surface area contributed by atoms with Crippen LogP contribution in [0.3, 0.4) is 0 Å². The smallest absolute Gasteiger partial charge is 0.316 e. The molecule has 3 heterocycles. The lowest BCUT2D eigenvalue weighted by atomic mass is 10.1. The molecule has 1 aliphatic rings. The van der Waals surface area contributed by atoms with Crippen molar-refractivity contribution < 1.29 is 9.53 Å². The van der Waals surface area contributed by atoms with Crippen LogP contribution in [0, 0.1) is 0 Å². The number of aromatic amines is 1. The molecule has 2 aromatic rings. The van der Waals surface area contributed by atoms with Gasteiger partial charge in [0.2, 0.25) is 0 Å². The topological polar surface area (TPSA) is 88.2 Å². The van der Waals surface area contributed by atoms with E-state index in [2.05, 4.69) is 15.0 Å². The van der Waals surface area contributed by atoms with Gasteiger partial charge in [-0.1, -0.05) is 11.6 Å². The number of hydrogen-bond donors (Lipinski definition) is 1. The highest BCUT2D eigenvalue weighted by Gasteiger charge is 2.26. The van der Waals surface area contributed by atoms with Gasteiger partial charge in [-0.15, -0.1) is 0 Å². The van der Waals surface area contributed by atoms with Crippen LogP contribution in [-0.2, 0) is 0 Å². The Morgan fingerprint density at radius 1 is 1.39 bits per heavy atom. The number of aromatic nitrogens is 3. The van der Waals surface area contributed by atoms with E-state index in [9.17, 15) is 9.59 Å². The maximum Gasteiger partial charge on any atom is 0.316 e. The van der Waals surface area contributed by atoms with Gasteiger partial charge in [0.15, 0.2) is 0 Å². The summed E-state index contributed by atoms with van der Waals surface area (Å²) in [5.74, 6) is -0.189. The van der Waals surface area contributed by atoms with Crippen molar-refractivity contribution in [2.45, 2.75) is 18.9 Å². The lowest BCUT2D eigenvalue weighted by molar-refractivity contribution is 0.0515. The Labute approximate surface area is 137 Å². The number of halogens is 1. The highest BCUT2D eigenvalue weighted by molar-refractivity contribution is 6.30. The Morgan fingerprint density at radius 3 is 2.91 bits per heavy atom. The van der Waals surface area contributed by atoms with Crippen molar-refractivity contribution in [2.75, 3.05) is 13.1 Å². The molecule has 7 nitrogen and oxygen atoms in total. The lowest BCUT2D eigenvalue weighted by Crippen LogP contribution is -2.44. The standard InChI is InChI=1S/C15H15ClN4O3/c16-12-7-10(8-19-13(12)21)14(22)20-6-1-3-11(9-20)23-15-17-4-2-5-18-15/h2,4-5,7-8,11H,1,3,6,9H2,(H,19,21). The van der Waals surface area contributed by atoms with Crippen molar-refractivity contribution in [1.82, 2.24) is 19.9 Å². The third-order valence-electron chi connectivity index (χ3n) is 3.58. The minimum atomic E-state index is -0.413. The zero-order chi connectivity index (χ0) is 16.2. The summed E-state index contributed by atoms with van der Waals surface area (Å²) in [6.45, 7) is 1.07. The summed E-state index contributed by atoms with van der Waals surface area (Å²) in [7, 11) is 0. The van der Waals surface area contributed by atoms with E-state index in [0.29, 0.717) is 24.7 Å². The first-order valence-corrected chi connectivity index (χ1v) is 7.62. The maximum atomic E-state index is 12.5. The second-order valence-electron chi connectivity index (χ2n) is 5.23. The van der Waals surface area contributed by atoms with Crippen molar-refractivity contribution in [3.63, 3.8) is 0 Å². The van der Waals surface area contributed by atoms with Crippen molar-refractivity contribution in [3.05, 3.63) is 51.7 Å². The van der Waals surface area contributed by atoms with E-state index >= 15 is 0 Å². The van der Waals surface area contributed by atoms with Crippen molar-refractivity contribution in [1.29, 1.82) is 0 Å². The Balaban J connectivity index is 1.69. The van der Waals surface area contributed by atoms with E-state index in [-0.39, 0.29) is 17.0 Å².